The predicted molar refractivity (Wildman–Crippen MR) is 94.2 cm³/mol. The van der Waals surface area contributed by atoms with E-state index in [1.807, 2.05) is 32.0 Å². The van der Waals surface area contributed by atoms with E-state index < -0.39 is 18.6 Å². The van der Waals surface area contributed by atoms with E-state index in [-0.39, 0.29) is 6.54 Å². The number of hydrogen-bond acceptors (Lipinski definition) is 3. The molecule has 0 saturated carbocycles. The number of nitrogens with zero attached hydrogens (tertiary/aromatic N) is 2. The fourth-order valence-corrected chi connectivity index (χ4v) is 2.14. The zero-order valence-corrected chi connectivity index (χ0v) is 15.4. The number of carbonyl (C=O) groups excluding carboxylic acids is 1. The second kappa shape index (κ2) is 9.88. The van der Waals surface area contributed by atoms with Gasteiger partial charge in [-0.3, -0.25) is 4.79 Å². The van der Waals surface area contributed by atoms with Crippen LogP contribution in [-0.2, 0) is 11.3 Å². The molecule has 2 N–H and O–H groups in total. The Bertz CT molecular complexity index is 633. The van der Waals surface area contributed by atoms with Gasteiger partial charge in [-0.25, -0.2) is 4.99 Å². The van der Waals surface area contributed by atoms with Crippen molar-refractivity contribution in [2.75, 3.05) is 33.8 Å². The third-order valence-electron chi connectivity index (χ3n) is 3.44. The van der Waals surface area contributed by atoms with Crippen LogP contribution in [0.15, 0.2) is 23.2 Å². The van der Waals surface area contributed by atoms with Gasteiger partial charge >= 0.3 is 6.18 Å². The fourth-order valence-electron chi connectivity index (χ4n) is 2.14. The minimum Gasteiger partial charge on any atom is -0.496 e. The molecule has 0 aliphatic rings. The average Bonchev–Trinajstić information content (AvgIpc) is 2.56. The Labute approximate surface area is 151 Å². The molecule has 9 heteroatoms. The third kappa shape index (κ3) is 7.62. The minimum absolute atomic E-state index is 0.288. The Balaban J connectivity index is 2.71. The molecule has 0 saturated heterocycles. The third-order valence-corrected chi connectivity index (χ3v) is 3.44. The van der Waals surface area contributed by atoms with Crippen molar-refractivity contribution in [2.24, 2.45) is 4.99 Å². The fraction of sp³-hybridized carbons (Fsp3) is 0.529. The molecule has 0 aromatic heterocycles. The van der Waals surface area contributed by atoms with Crippen molar-refractivity contribution in [2.45, 2.75) is 26.6 Å². The highest BCUT2D eigenvalue weighted by Gasteiger charge is 2.31. The summed E-state index contributed by atoms with van der Waals surface area (Å²) in [5.41, 5.74) is 1.91. The molecular weight excluding hydrogens is 349 g/mol. The lowest BCUT2D eigenvalue weighted by atomic mass is 10.1. The van der Waals surface area contributed by atoms with E-state index >= 15 is 0 Å². The van der Waals surface area contributed by atoms with Crippen LogP contribution in [0.1, 0.15) is 18.1 Å². The molecule has 26 heavy (non-hydrogen) atoms. The van der Waals surface area contributed by atoms with E-state index in [0.717, 1.165) is 18.2 Å². The number of aliphatic imine (C=N–C) groups is 1. The van der Waals surface area contributed by atoms with Crippen molar-refractivity contribution in [3.63, 3.8) is 0 Å². The Morgan fingerprint density at radius 2 is 2.00 bits per heavy atom. The van der Waals surface area contributed by atoms with E-state index in [1.54, 1.807) is 7.11 Å². The van der Waals surface area contributed by atoms with Crippen LogP contribution in [0.3, 0.4) is 0 Å². The van der Waals surface area contributed by atoms with Crippen LogP contribution in [0.4, 0.5) is 13.2 Å². The molecule has 1 aromatic carbocycles. The lowest BCUT2D eigenvalue weighted by Crippen LogP contribution is -2.45. The Hall–Kier alpha value is -2.45. The quantitative estimate of drug-likeness (QED) is 0.567. The van der Waals surface area contributed by atoms with Gasteiger partial charge < -0.3 is 20.3 Å². The predicted octanol–water partition coefficient (Wildman–Crippen LogP) is 2.08. The van der Waals surface area contributed by atoms with Gasteiger partial charge in [0.1, 0.15) is 12.3 Å². The van der Waals surface area contributed by atoms with Gasteiger partial charge in [0.15, 0.2) is 5.96 Å². The Morgan fingerprint density at radius 3 is 2.58 bits per heavy atom. The lowest BCUT2D eigenvalue weighted by molar-refractivity contribution is -0.157. The summed E-state index contributed by atoms with van der Waals surface area (Å²) in [5.74, 6) is 0.357. The number of aryl methyl sites for hydroxylation is 1. The summed E-state index contributed by atoms with van der Waals surface area (Å²) in [6.07, 6.45) is -4.43. The SMILES string of the molecule is CCNC(=NCc1ccc(C)cc1OC)NCC(=O)N(C)CC(F)(F)F. The first-order valence-corrected chi connectivity index (χ1v) is 8.12. The summed E-state index contributed by atoms with van der Waals surface area (Å²) in [5, 5.41) is 5.70. The van der Waals surface area contributed by atoms with Crippen molar-refractivity contribution >= 4 is 11.9 Å². The van der Waals surface area contributed by atoms with Crippen LogP contribution in [0.2, 0.25) is 0 Å². The van der Waals surface area contributed by atoms with Gasteiger partial charge in [0.25, 0.3) is 0 Å². The number of halogens is 3. The topological polar surface area (TPSA) is 66.0 Å². The maximum Gasteiger partial charge on any atom is 0.406 e. The normalized spacial score (nSPS) is 11.9. The number of rotatable bonds is 7. The van der Waals surface area contributed by atoms with Crippen molar-refractivity contribution in [1.82, 2.24) is 15.5 Å². The van der Waals surface area contributed by atoms with Crippen molar-refractivity contribution < 1.29 is 22.7 Å². The zero-order valence-electron chi connectivity index (χ0n) is 15.4. The molecule has 0 atom stereocenters. The van der Waals surface area contributed by atoms with E-state index in [1.165, 1.54) is 0 Å². The molecule has 6 nitrogen and oxygen atoms in total. The molecule has 0 aliphatic heterocycles. The number of benzene rings is 1. The van der Waals surface area contributed by atoms with Crippen molar-refractivity contribution in [3.05, 3.63) is 29.3 Å². The summed E-state index contributed by atoms with van der Waals surface area (Å²) in [7, 11) is 2.68. The van der Waals surface area contributed by atoms with E-state index in [0.29, 0.717) is 29.7 Å². The lowest BCUT2D eigenvalue weighted by Gasteiger charge is -2.20. The van der Waals surface area contributed by atoms with E-state index in [4.69, 9.17) is 4.74 Å². The second-order valence-electron chi connectivity index (χ2n) is 5.73. The van der Waals surface area contributed by atoms with Gasteiger partial charge in [0.05, 0.1) is 20.2 Å². The number of carbonyl (C=O) groups is 1. The highest BCUT2D eigenvalue weighted by atomic mass is 19.4. The molecule has 0 radical (unpaired) electrons. The average molecular weight is 374 g/mol. The van der Waals surface area contributed by atoms with Gasteiger partial charge in [-0.05, 0) is 25.5 Å². The molecule has 146 valence electrons. The van der Waals surface area contributed by atoms with Gasteiger partial charge in [-0.2, -0.15) is 13.2 Å². The minimum atomic E-state index is -4.43. The molecule has 0 fully saturated rings. The van der Waals surface area contributed by atoms with Crippen LogP contribution in [0, 0.1) is 6.92 Å². The summed E-state index contributed by atoms with van der Waals surface area (Å²) < 4.78 is 42.3. The summed E-state index contributed by atoms with van der Waals surface area (Å²) in [4.78, 5) is 16.8. The monoisotopic (exact) mass is 374 g/mol. The number of alkyl halides is 3. The smallest absolute Gasteiger partial charge is 0.406 e. The largest absolute Gasteiger partial charge is 0.496 e. The first-order valence-electron chi connectivity index (χ1n) is 8.12. The number of nitrogens with one attached hydrogen (secondary N) is 2. The van der Waals surface area contributed by atoms with Crippen LogP contribution in [0.5, 0.6) is 5.75 Å². The first kappa shape index (κ1) is 21.6. The number of guanidine groups is 1. The van der Waals surface area contributed by atoms with Crippen LogP contribution in [0.25, 0.3) is 0 Å². The maximum atomic E-state index is 12.3. The summed E-state index contributed by atoms with van der Waals surface area (Å²) in [6, 6.07) is 5.72. The Morgan fingerprint density at radius 1 is 1.31 bits per heavy atom. The number of hydrogen-bond donors (Lipinski definition) is 2. The molecule has 0 bridgehead atoms. The zero-order chi connectivity index (χ0) is 19.7. The number of amides is 1. The van der Waals surface area contributed by atoms with Gasteiger partial charge in [0.2, 0.25) is 5.91 Å². The highest BCUT2D eigenvalue weighted by Crippen LogP contribution is 2.20. The van der Waals surface area contributed by atoms with Crippen LogP contribution >= 0.6 is 0 Å². The number of methoxy groups -OCH3 is 1. The molecule has 0 spiro atoms. The highest BCUT2D eigenvalue weighted by molar-refractivity contribution is 5.86. The molecule has 0 unspecified atom stereocenters. The summed E-state index contributed by atoms with van der Waals surface area (Å²) >= 11 is 0. The molecular formula is C17H25F3N4O2. The maximum absolute atomic E-state index is 12.3. The molecule has 0 aliphatic carbocycles. The first-order chi connectivity index (χ1) is 12.2. The van der Waals surface area contributed by atoms with Gasteiger partial charge in [0, 0.05) is 19.2 Å². The van der Waals surface area contributed by atoms with E-state index in [2.05, 4.69) is 15.6 Å². The van der Waals surface area contributed by atoms with Gasteiger partial charge in [-0.1, -0.05) is 12.1 Å². The van der Waals surface area contributed by atoms with Crippen LogP contribution < -0.4 is 15.4 Å². The summed E-state index contributed by atoms with van der Waals surface area (Å²) in [6.45, 7) is 3.06. The second-order valence-corrected chi connectivity index (χ2v) is 5.73. The molecule has 1 aromatic rings. The number of likely N-dealkylation sites (N-methyl/N-ethyl adjacent to an activating group) is 1. The molecule has 0 heterocycles. The molecule has 1 amide bonds. The van der Waals surface area contributed by atoms with Crippen molar-refractivity contribution in [3.8, 4) is 5.75 Å². The molecule has 1 rings (SSSR count). The van der Waals surface area contributed by atoms with Crippen molar-refractivity contribution in [1.29, 1.82) is 0 Å². The van der Waals surface area contributed by atoms with Crippen LogP contribution in [-0.4, -0.2) is 56.7 Å². The Kier molecular flexibility index (Phi) is 8.21. The van der Waals surface area contributed by atoms with Gasteiger partial charge in [-0.15, -0.1) is 0 Å². The standard InChI is InChI=1S/C17H25F3N4O2/c1-5-21-16(23-10-15(25)24(3)11-17(18,19)20)22-9-13-7-6-12(2)8-14(13)26-4/h6-8H,5,9-11H2,1-4H3,(H2,21,22,23). The number of ether oxygens (including phenoxy) is 1. The van der Waals surface area contributed by atoms with E-state index in [9.17, 15) is 18.0 Å².